The Labute approximate surface area is 380 Å². The molecule has 2 aromatic carbocycles. The molecule has 0 amide bonds. The zero-order chi connectivity index (χ0) is 45.0. The van der Waals surface area contributed by atoms with Gasteiger partial charge in [-0.05, 0) is 108 Å². The van der Waals surface area contributed by atoms with Crippen molar-refractivity contribution in [2.75, 3.05) is 38.3 Å². The summed E-state index contributed by atoms with van der Waals surface area (Å²) < 4.78 is 19.9. The number of rotatable bonds is 21. The van der Waals surface area contributed by atoms with Crippen molar-refractivity contribution >= 4 is 40.6 Å². The first-order chi connectivity index (χ1) is 30.4. The van der Waals surface area contributed by atoms with Gasteiger partial charge in [0.15, 0.2) is 5.71 Å². The molecule has 3 heterocycles. The molecule has 1 aromatic heterocycles. The van der Waals surface area contributed by atoms with E-state index in [1.807, 2.05) is 6.20 Å². The van der Waals surface area contributed by atoms with Crippen LogP contribution in [0.4, 0.5) is 11.4 Å². The molecular weight excluding hydrogens is 810 g/mol. The van der Waals surface area contributed by atoms with Crippen LogP contribution in [0.2, 0.25) is 0 Å². The van der Waals surface area contributed by atoms with Gasteiger partial charge in [0.25, 0.3) is 0 Å². The quantitative estimate of drug-likeness (QED) is 0.0343. The first-order valence-corrected chi connectivity index (χ1v) is 23.3. The average molecular weight is 878 g/mol. The summed E-state index contributed by atoms with van der Waals surface area (Å²) in [7, 11) is 1.50. The highest BCUT2D eigenvalue weighted by Crippen LogP contribution is 2.48. The van der Waals surface area contributed by atoms with Crippen LogP contribution in [0.5, 0.6) is 0 Å². The molecular formula is C52H67ClN5O5+. The van der Waals surface area contributed by atoms with E-state index in [2.05, 4.69) is 127 Å². The molecule has 6 rings (SSSR count). The van der Waals surface area contributed by atoms with Crippen molar-refractivity contribution in [3.05, 3.63) is 130 Å². The van der Waals surface area contributed by atoms with Crippen LogP contribution in [0.15, 0.2) is 113 Å². The lowest BCUT2D eigenvalue weighted by Crippen LogP contribution is -2.28. The predicted octanol–water partition coefficient (Wildman–Crippen LogP) is 11.1. The van der Waals surface area contributed by atoms with Crippen LogP contribution in [0, 0.1) is 0 Å². The zero-order valence-corrected chi connectivity index (χ0v) is 39.3. The van der Waals surface area contributed by atoms with E-state index in [-0.39, 0.29) is 22.8 Å². The van der Waals surface area contributed by atoms with Crippen LogP contribution < -0.4 is 4.90 Å². The van der Waals surface area contributed by atoms with E-state index in [0.717, 1.165) is 81.6 Å². The van der Waals surface area contributed by atoms with Crippen molar-refractivity contribution in [1.82, 2.24) is 15.0 Å². The maximum absolute atomic E-state index is 12.6. The third-order valence-corrected chi connectivity index (χ3v) is 13.1. The van der Waals surface area contributed by atoms with Gasteiger partial charge < -0.3 is 19.1 Å². The van der Waals surface area contributed by atoms with E-state index in [4.69, 9.17) is 25.8 Å². The van der Waals surface area contributed by atoms with Crippen LogP contribution in [0.1, 0.15) is 123 Å². The smallest absolute Gasteiger partial charge is 0.336 e. The van der Waals surface area contributed by atoms with Crippen molar-refractivity contribution in [2.24, 2.45) is 0 Å². The molecule has 11 heteroatoms. The normalized spacial score (nSPS) is 18.2. The summed E-state index contributed by atoms with van der Waals surface area (Å²) in [5.41, 5.74) is 11.3. The third-order valence-electron chi connectivity index (χ3n) is 12.6. The number of unbranched alkanes of at least 4 members (excludes halogenated alkanes) is 3. The first kappa shape index (κ1) is 47.3. The van der Waals surface area contributed by atoms with Crippen LogP contribution in [0.3, 0.4) is 0 Å². The number of ether oxygens (including phenoxy) is 3. The van der Waals surface area contributed by atoms with Gasteiger partial charge in [0.2, 0.25) is 5.69 Å². The van der Waals surface area contributed by atoms with Crippen molar-refractivity contribution in [2.45, 2.75) is 130 Å². The number of hydrogen-bond donors (Lipinski definition) is 0. The number of nitrogens with zero attached hydrogens (tertiary/aromatic N) is 5. The summed E-state index contributed by atoms with van der Waals surface area (Å²) >= 11 is 7.24. The topological polar surface area (TPSA) is 98.8 Å². The number of benzene rings is 2. The van der Waals surface area contributed by atoms with E-state index in [0.29, 0.717) is 38.2 Å². The fraction of sp³-hybridized carbons (Fsp3) is 0.481. The maximum atomic E-state index is 12.6. The zero-order valence-electron chi connectivity index (χ0n) is 38.6. The maximum Gasteiger partial charge on any atom is 0.336 e. The Balaban J connectivity index is 0.978. The number of fused-ring (bicyclic) bond motifs is 2. The van der Waals surface area contributed by atoms with Crippen molar-refractivity contribution in [1.29, 1.82) is 0 Å². The van der Waals surface area contributed by atoms with Gasteiger partial charge in [-0.15, -0.1) is 5.10 Å². The largest absolute Gasteiger partial charge is 0.504 e. The van der Waals surface area contributed by atoms with Crippen LogP contribution in [-0.4, -0.2) is 70.6 Å². The average Bonchev–Trinajstić information content (AvgIpc) is 3.88. The number of anilines is 1. The van der Waals surface area contributed by atoms with Gasteiger partial charge in [0, 0.05) is 78.1 Å². The summed E-state index contributed by atoms with van der Waals surface area (Å²) in [5.74, 6) is -0.531. The molecule has 3 aliphatic rings. The Bertz CT molecular complexity index is 2290. The molecule has 2 aliphatic heterocycles. The monoisotopic (exact) mass is 876 g/mol. The molecule has 1 aliphatic carbocycles. The predicted molar refractivity (Wildman–Crippen MR) is 253 cm³/mol. The number of aromatic nitrogens is 3. The van der Waals surface area contributed by atoms with E-state index in [1.165, 1.54) is 58.4 Å². The second kappa shape index (κ2) is 21.9. The van der Waals surface area contributed by atoms with Crippen molar-refractivity contribution in [3.8, 4) is 0 Å². The molecule has 3 aromatic rings. The van der Waals surface area contributed by atoms with Crippen molar-refractivity contribution < 1.29 is 28.4 Å². The minimum absolute atomic E-state index is 0.0808. The molecule has 0 saturated heterocycles. The number of aryl methyl sites for hydroxylation is 2. The highest BCUT2D eigenvalue weighted by atomic mass is 35.5. The number of methoxy groups -OCH3 is 1. The fourth-order valence-corrected chi connectivity index (χ4v) is 9.42. The van der Waals surface area contributed by atoms with Crippen LogP contribution in [-0.2, 0) is 47.6 Å². The second-order valence-corrected chi connectivity index (χ2v) is 18.2. The summed E-state index contributed by atoms with van der Waals surface area (Å²) in [6.45, 7) is 16.2. The van der Waals surface area contributed by atoms with Crippen LogP contribution >= 0.6 is 11.6 Å². The summed E-state index contributed by atoms with van der Waals surface area (Å²) in [6.07, 6.45) is 21.5. The molecule has 0 N–H and O–H groups in total. The number of allylic oxidation sites excluding steroid dienone is 8. The van der Waals surface area contributed by atoms with Gasteiger partial charge in [0.1, 0.15) is 6.54 Å². The number of halogens is 1. The molecule has 0 fully saturated rings. The SMILES string of the molecule is CCN1/C(=C/C=C2\CCCC(/C=C/C3=[N+](CCCCCC(=O)OCCCn4cc(CCCCOC(=O)/C(C)=C\OC)nn4)c4ccccc4C3(C)C)=C2Cl)C(C)(C)c2ccccc21. The van der Waals surface area contributed by atoms with E-state index < -0.39 is 0 Å². The standard InChI is InChI=1S/C52H67ClN5O5/c1-8-57-44-25-13-11-23-42(44)51(3,4)46(57)30-28-39-20-18-21-40(49(39)53)29-31-47-52(5,6)43-24-12-14-26-45(43)58(47)33-16-9-10-27-48(59)62-35-19-32-56-36-41(54-55-56)22-15-17-34-63-50(60)38(2)37-61-7/h11-14,23-26,28-31,36-37H,8-10,15-22,27,32-35H2,1-7H3/q+1/b38-37-. The third kappa shape index (κ3) is 11.5. The molecule has 0 radical (unpaired) electrons. The highest BCUT2D eigenvalue weighted by molar-refractivity contribution is 6.32. The molecule has 63 heavy (non-hydrogen) atoms. The van der Waals surface area contributed by atoms with Gasteiger partial charge >= 0.3 is 11.9 Å². The van der Waals surface area contributed by atoms with Gasteiger partial charge in [-0.3, -0.25) is 9.48 Å². The molecule has 0 bridgehead atoms. The number of para-hydroxylation sites is 2. The Morgan fingerprint density at radius 3 is 2.43 bits per heavy atom. The second-order valence-electron chi connectivity index (χ2n) is 17.8. The van der Waals surface area contributed by atoms with Gasteiger partial charge in [0.05, 0.1) is 43.3 Å². The van der Waals surface area contributed by atoms with Crippen LogP contribution in [0.25, 0.3) is 0 Å². The minimum atomic E-state index is -0.372. The Hall–Kier alpha value is -5.22. The lowest BCUT2D eigenvalue weighted by molar-refractivity contribution is -0.438. The Kier molecular flexibility index (Phi) is 16.4. The van der Waals surface area contributed by atoms with E-state index in [9.17, 15) is 9.59 Å². The summed E-state index contributed by atoms with van der Waals surface area (Å²) in [4.78, 5) is 26.9. The lowest BCUT2D eigenvalue weighted by Gasteiger charge is -2.26. The van der Waals surface area contributed by atoms with Gasteiger partial charge in [-0.2, -0.15) is 4.58 Å². The molecule has 0 unspecified atom stereocenters. The van der Waals surface area contributed by atoms with Gasteiger partial charge in [-0.1, -0.05) is 79.2 Å². The number of carbonyl (C=O) groups is 2. The van der Waals surface area contributed by atoms with Gasteiger partial charge in [-0.25, -0.2) is 4.79 Å². The molecule has 0 saturated carbocycles. The fourth-order valence-electron chi connectivity index (χ4n) is 9.11. The summed E-state index contributed by atoms with van der Waals surface area (Å²) in [6, 6.07) is 17.5. The molecule has 0 atom stereocenters. The Morgan fingerprint density at radius 2 is 1.63 bits per heavy atom. The number of esters is 2. The number of hydrogen-bond acceptors (Lipinski definition) is 8. The minimum Gasteiger partial charge on any atom is -0.504 e. The summed E-state index contributed by atoms with van der Waals surface area (Å²) in [5, 5.41) is 9.32. The molecule has 336 valence electrons. The Morgan fingerprint density at radius 1 is 0.873 bits per heavy atom. The van der Waals surface area contributed by atoms with E-state index in [1.54, 1.807) is 11.6 Å². The first-order valence-electron chi connectivity index (χ1n) is 22.9. The molecule has 0 spiro atoms. The number of carbonyl (C=O) groups excluding carboxylic acids is 2. The van der Waals surface area contributed by atoms with E-state index >= 15 is 0 Å². The number of likely N-dealkylation sites (N-methyl/N-ethyl adjacent to an activating group) is 1. The van der Waals surface area contributed by atoms with Crippen molar-refractivity contribution in [3.63, 3.8) is 0 Å². The lowest BCUT2D eigenvalue weighted by atomic mass is 9.81. The highest BCUT2D eigenvalue weighted by Gasteiger charge is 2.44. The molecule has 10 nitrogen and oxygen atoms in total.